The quantitative estimate of drug-likeness (QED) is 0.883. The summed E-state index contributed by atoms with van der Waals surface area (Å²) in [6.07, 6.45) is 5.44. The third-order valence-electron chi connectivity index (χ3n) is 3.19. The zero-order valence-electron chi connectivity index (χ0n) is 9.67. The summed E-state index contributed by atoms with van der Waals surface area (Å²) in [6, 6.07) is 3.83. The van der Waals surface area contributed by atoms with Crippen LogP contribution in [-0.2, 0) is 6.42 Å². The first kappa shape index (κ1) is 10.9. The lowest BCUT2D eigenvalue weighted by Gasteiger charge is -2.19. The Morgan fingerprint density at radius 3 is 3.24 bits per heavy atom. The Bertz CT molecular complexity index is 516. The smallest absolute Gasteiger partial charge is 0.157 e. The maximum atomic E-state index is 5.86. The number of thioether (sulfide) groups is 1. The van der Waals surface area contributed by atoms with Crippen LogP contribution in [0.2, 0.25) is 0 Å². The molecule has 0 bridgehead atoms. The van der Waals surface area contributed by atoms with Crippen LogP contribution in [0.1, 0.15) is 18.5 Å². The van der Waals surface area contributed by atoms with Gasteiger partial charge in [0.1, 0.15) is 5.82 Å². The molecule has 4 nitrogen and oxygen atoms in total. The maximum absolute atomic E-state index is 5.86. The highest BCUT2D eigenvalue weighted by Gasteiger charge is 2.16. The van der Waals surface area contributed by atoms with Crippen LogP contribution >= 0.6 is 11.8 Å². The van der Waals surface area contributed by atoms with E-state index >= 15 is 0 Å². The number of nitrogen functional groups attached to an aromatic ring is 1. The number of hydrogen-bond acceptors (Lipinski definition) is 4. The molecule has 1 atom stereocenters. The van der Waals surface area contributed by atoms with Gasteiger partial charge in [0, 0.05) is 12.3 Å². The summed E-state index contributed by atoms with van der Waals surface area (Å²) in [5.41, 5.74) is 7.82. The minimum absolute atomic E-state index is 0.652. The van der Waals surface area contributed by atoms with Crippen molar-refractivity contribution in [3.63, 3.8) is 0 Å². The van der Waals surface area contributed by atoms with E-state index in [1.807, 2.05) is 0 Å². The third-order valence-corrected chi connectivity index (χ3v) is 4.47. The summed E-state index contributed by atoms with van der Waals surface area (Å²) in [5, 5.41) is 4.53. The summed E-state index contributed by atoms with van der Waals surface area (Å²) < 4.78 is 1.73. The van der Waals surface area contributed by atoms with E-state index in [0.29, 0.717) is 5.82 Å². The van der Waals surface area contributed by atoms with Gasteiger partial charge in [-0.1, -0.05) is 0 Å². The first-order valence-electron chi connectivity index (χ1n) is 6.00. The Morgan fingerprint density at radius 1 is 1.53 bits per heavy atom. The predicted octanol–water partition coefficient (Wildman–Crippen LogP) is 2.00. The Hall–Kier alpha value is -1.23. The summed E-state index contributed by atoms with van der Waals surface area (Å²) in [4.78, 5) is 4.27. The summed E-state index contributed by atoms with van der Waals surface area (Å²) in [7, 11) is 0. The van der Waals surface area contributed by atoms with Crippen LogP contribution in [0.4, 0.5) is 5.82 Å². The molecule has 3 heterocycles. The van der Waals surface area contributed by atoms with Crippen molar-refractivity contribution in [2.24, 2.45) is 5.92 Å². The predicted molar refractivity (Wildman–Crippen MR) is 71.2 cm³/mol. The van der Waals surface area contributed by atoms with Crippen molar-refractivity contribution < 1.29 is 0 Å². The number of nitrogens with two attached hydrogens (primary N) is 1. The Morgan fingerprint density at radius 2 is 2.47 bits per heavy atom. The van der Waals surface area contributed by atoms with Crippen molar-refractivity contribution >= 4 is 23.2 Å². The Kier molecular flexibility index (Phi) is 2.93. The van der Waals surface area contributed by atoms with E-state index in [2.05, 4.69) is 27.9 Å². The molecule has 3 rings (SSSR count). The molecule has 0 saturated carbocycles. The van der Waals surface area contributed by atoms with Gasteiger partial charge >= 0.3 is 0 Å². The first-order valence-corrected chi connectivity index (χ1v) is 7.15. The highest BCUT2D eigenvalue weighted by atomic mass is 32.2. The molecule has 17 heavy (non-hydrogen) atoms. The molecule has 1 aliphatic heterocycles. The number of fused-ring (bicyclic) bond motifs is 1. The topological polar surface area (TPSA) is 56.2 Å². The second-order valence-electron chi connectivity index (χ2n) is 4.56. The van der Waals surface area contributed by atoms with Gasteiger partial charge in [0.05, 0.1) is 5.69 Å². The minimum Gasteiger partial charge on any atom is -0.384 e. The summed E-state index contributed by atoms with van der Waals surface area (Å²) in [6.45, 7) is 0. The first-order chi connectivity index (χ1) is 8.33. The van der Waals surface area contributed by atoms with Crippen LogP contribution in [0.25, 0.3) is 5.65 Å². The molecule has 5 heteroatoms. The van der Waals surface area contributed by atoms with Crippen molar-refractivity contribution in [2.45, 2.75) is 19.3 Å². The summed E-state index contributed by atoms with van der Waals surface area (Å²) >= 11 is 2.06. The molecule has 2 N–H and O–H groups in total. The molecule has 0 radical (unpaired) electrons. The number of hydrogen-bond donors (Lipinski definition) is 1. The van der Waals surface area contributed by atoms with E-state index in [-0.39, 0.29) is 0 Å². The van der Waals surface area contributed by atoms with Gasteiger partial charge in [-0.15, -0.1) is 0 Å². The minimum atomic E-state index is 0.652. The number of aromatic nitrogens is 3. The van der Waals surface area contributed by atoms with Gasteiger partial charge in [0.2, 0.25) is 0 Å². The van der Waals surface area contributed by atoms with Crippen molar-refractivity contribution in [1.82, 2.24) is 14.6 Å². The van der Waals surface area contributed by atoms with Crippen molar-refractivity contribution in [2.75, 3.05) is 17.2 Å². The maximum Gasteiger partial charge on any atom is 0.157 e. The van der Waals surface area contributed by atoms with Gasteiger partial charge in [-0.05, 0) is 42.8 Å². The molecule has 0 spiro atoms. The Balaban J connectivity index is 1.83. The van der Waals surface area contributed by atoms with Crippen LogP contribution < -0.4 is 5.73 Å². The molecule has 1 saturated heterocycles. The molecule has 2 aromatic rings. The fraction of sp³-hybridized carbons (Fsp3) is 0.500. The molecular formula is C12H16N4S. The number of nitrogens with zero attached hydrogens (tertiary/aromatic N) is 3. The van der Waals surface area contributed by atoms with Crippen LogP contribution in [-0.4, -0.2) is 26.1 Å². The monoisotopic (exact) mass is 248 g/mol. The SMILES string of the molecule is Nc1ccnc2cc(CC3CCCSC3)nn12. The van der Waals surface area contributed by atoms with E-state index in [9.17, 15) is 0 Å². The summed E-state index contributed by atoms with van der Waals surface area (Å²) in [5.74, 6) is 3.99. The van der Waals surface area contributed by atoms with E-state index in [0.717, 1.165) is 23.7 Å². The molecule has 0 amide bonds. The Labute approximate surface area is 105 Å². The van der Waals surface area contributed by atoms with Crippen LogP contribution in [0.15, 0.2) is 18.3 Å². The lowest BCUT2D eigenvalue weighted by Crippen LogP contribution is -2.13. The molecular weight excluding hydrogens is 232 g/mol. The molecule has 1 fully saturated rings. The highest BCUT2D eigenvalue weighted by molar-refractivity contribution is 7.99. The van der Waals surface area contributed by atoms with Gasteiger partial charge in [-0.25, -0.2) is 4.98 Å². The van der Waals surface area contributed by atoms with E-state index in [1.54, 1.807) is 16.8 Å². The van der Waals surface area contributed by atoms with Crippen molar-refractivity contribution in [3.05, 3.63) is 24.0 Å². The molecule has 1 unspecified atom stereocenters. The number of rotatable bonds is 2. The van der Waals surface area contributed by atoms with E-state index < -0.39 is 0 Å². The zero-order valence-corrected chi connectivity index (χ0v) is 10.5. The second kappa shape index (κ2) is 4.56. The third kappa shape index (κ3) is 2.24. The van der Waals surface area contributed by atoms with Crippen molar-refractivity contribution in [3.8, 4) is 0 Å². The fourth-order valence-electron chi connectivity index (χ4n) is 2.33. The van der Waals surface area contributed by atoms with Crippen LogP contribution in [0, 0.1) is 5.92 Å². The molecule has 1 aliphatic rings. The van der Waals surface area contributed by atoms with Crippen molar-refractivity contribution in [1.29, 1.82) is 0 Å². The standard InChI is InChI=1S/C12H16N4S/c13-11-3-4-14-12-7-10(15-16(11)12)6-9-2-1-5-17-8-9/h3-4,7,9H,1-2,5-6,8,13H2. The van der Waals surface area contributed by atoms with Crippen LogP contribution in [0.5, 0.6) is 0 Å². The number of anilines is 1. The average molecular weight is 248 g/mol. The van der Waals surface area contributed by atoms with Gasteiger partial charge in [0.15, 0.2) is 5.65 Å². The lowest BCUT2D eigenvalue weighted by molar-refractivity contribution is 0.514. The largest absolute Gasteiger partial charge is 0.384 e. The lowest BCUT2D eigenvalue weighted by atomic mass is 10.00. The second-order valence-corrected chi connectivity index (χ2v) is 5.71. The van der Waals surface area contributed by atoms with E-state index in [1.165, 1.54) is 24.3 Å². The molecule has 0 aliphatic carbocycles. The molecule has 2 aromatic heterocycles. The zero-order chi connectivity index (χ0) is 11.7. The van der Waals surface area contributed by atoms with Gasteiger partial charge in [-0.3, -0.25) is 0 Å². The van der Waals surface area contributed by atoms with Crippen LogP contribution in [0.3, 0.4) is 0 Å². The fourth-order valence-corrected chi connectivity index (χ4v) is 3.48. The average Bonchev–Trinajstić information content (AvgIpc) is 2.74. The molecule has 0 aromatic carbocycles. The van der Waals surface area contributed by atoms with Gasteiger partial charge < -0.3 is 5.73 Å². The normalized spacial score (nSPS) is 20.8. The highest BCUT2D eigenvalue weighted by Crippen LogP contribution is 2.25. The van der Waals surface area contributed by atoms with Gasteiger partial charge in [-0.2, -0.15) is 21.4 Å². The molecule has 90 valence electrons. The van der Waals surface area contributed by atoms with Gasteiger partial charge in [0.25, 0.3) is 0 Å². The van der Waals surface area contributed by atoms with E-state index in [4.69, 9.17) is 5.73 Å².